The highest BCUT2D eigenvalue weighted by Gasteiger charge is 2.36. The van der Waals surface area contributed by atoms with Crippen molar-refractivity contribution in [1.29, 1.82) is 0 Å². The van der Waals surface area contributed by atoms with Crippen molar-refractivity contribution in [3.05, 3.63) is 0 Å². The van der Waals surface area contributed by atoms with Crippen LogP contribution in [0.2, 0.25) is 0 Å². The zero-order valence-corrected chi connectivity index (χ0v) is 23.3. The summed E-state index contributed by atoms with van der Waals surface area (Å²) in [5, 5.41) is 3.88. The zero-order valence-electron chi connectivity index (χ0n) is 21.7. The lowest BCUT2D eigenvalue weighted by molar-refractivity contribution is -0.138. The van der Waals surface area contributed by atoms with Crippen LogP contribution in [-0.4, -0.2) is 93.4 Å². The van der Waals surface area contributed by atoms with Crippen LogP contribution in [-0.2, 0) is 19.1 Å². The SMILES string of the molecule is BBC(=O)C(N)CSC1CCC1SCC(NC(=O)C(C)(C)COC(C)(C)CCC)C(=O)BB. The Balaban J connectivity index is 2.60. The number of thioether (sulfide) groups is 2. The minimum atomic E-state index is -0.723. The second-order valence-corrected chi connectivity index (χ2v) is 12.8. The van der Waals surface area contributed by atoms with Crippen LogP contribution in [0.15, 0.2) is 0 Å². The van der Waals surface area contributed by atoms with Gasteiger partial charge in [-0.2, -0.15) is 23.5 Å². The van der Waals surface area contributed by atoms with Crippen LogP contribution in [0, 0.1) is 5.41 Å². The first-order valence-corrected chi connectivity index (χ1v) is 14.5. The summed E-state index contributed by atoms with van der Waals surface area (Å²) in [4.78, 5) is 37.3. The van der Waals surface area contributed by atoms with Crippen molar-refractivity contribution in [2.45, 2.75) is 88.5 Å². The summed E-state index contributed by atoms with van der Waals surface area (Å²) in [5.41, 5.74) is 5.12. The van der Waals surface area contributed by atoms with E-state index in [1.54, 1.807) is 23.5 Å². The lowest BCUT2D eigenvalue weighted by Crippen LogP contribution is -2.51. The molecule has 0 saturated heterocycles. The lowest BCUT2D eigenvalue weighted by atomic mass is 9.51. The first-order valence-electron chi connectivity index (χ1n) is 12.4. The summed E-state index contributed by atoms with van der Waals surface area (Å²) in [5.74, 6) is 1.06. The number of hydrogen-bond acceptors (Lipinski definition) is 7. The quantitative estimate of drug-likeness (QED) is 0.262. The Morgan fingerprint density at radius 3 is 2.09 bits per heavy atom. The number of ether oxygens (including phenoxy) is 1. The summed E-state index contributed by atoms with van der Waals surface area (Å²) in [6.07, 6.45) is 4.14. The van der Waals surface area contributed by atoms with Gasteiger partial charge in [0.15, 0.2) is 14.3 Å². The maximum Gasteiger partial charge on any atom is 0.228 e. The Labute approximate surface area is 212 Å². The summed E-state index contributed by atoms with van der Waals surface area (Å²) in [6, 6.07) is -0.891. The number of hydrogen-bond donors (Lipinski definition) is 2. The average molecular weight is 494 g/mol. The fraction of sp³-hybridized carbons (Fsp3) is 0.857. The highest BCUT2D eigenvalue weighted by atomic mass is 32.2. The molecule has 6 nitrogen and oxygen atoms in total. The van der Waals surface area contributed by atoms with Gasteiger partial charge in [0, 0.05) is 22.0 Å². The van der Waals surface area contributed by atoms with Gasteiger partial charge >= 0.3 is 0 Å². The number of carbonyl (C=O) groups excluding carboxylic acids is 3. The van der Waals surface area contributed by atoms with Crippen LogP contribution in [0.25, 0.3) is 0 Å². The van der Waals surface area contributed by atoms with Gasteiger partial charge in [-0.3, -0.25) is 4.79 Å². The number of carbonyl (C=O) groups is 3. The molecule has 33 heavy (non-hydrogen) atoms. The molecule has 1 amide bonds. The first-order chi connectivity index (χ1) is 15.4. The van der Waals surface area contributed by atoms with Crippen molar-refractivity contribution in [2.75, 3.05) is 18.1 Å². The Hall–Kier alpha value is -0.310. The molecule has 3 N–H and O–H groups in total. The number of nitrogens with one attached hydrogen (secondary N) is 1. The van der Waals surface area contributed by atoms with Gasteiger partial charge in [0.05, 0.1) is 50.9 Å². The van der Waals surface area contributed by atoms with E-state index in [0.29, 0.717) is 43.0 Å². The van der Waals surface area contributed by atoms with E-state index in [2.05, 4.69) is 12.2 Å². The van der Waals surface area contributed by atoms with Gasteiger partial charge in [0.25, 0.3) is 0 Å². The maximum atomic E-state index is 13.0. The van der Waals surface area contributed by atoms with Crippen molar-refractivity contribution in [1.82, 2.24) is 5.32 Å². The molecule has 0 aromatic rings. The van der Waals surface area contributed by atoms with E-state index < -0.39 is 17.5 Å². The molecule has 184 valence electrons. The molecule has 4 atom stereocenters. The van der Waals surface area contributed by atoms with Gasteiger partial charge in [0.2, 0.25) is 5.91 Å². The fourth-order valence-electron chi connectivity index (χ4n) is 3.55. The van der Waals surface area contributed by atoms with E-state index in [4.69, 9.17) is 10.5 Å². The van der Waals surface area contributed by atoms with Gasteiger partial charge in [-0.1, -0.05) is 13.3 Å². The minimum Gasteiger partial charge on any atom is -0.374 e. The van der Waals surface area contributed by atoms with Crippen molar-refractivity contribution in [3.8, 4) is 0 Å². The van der Waals surface area contributed by atoms with Crippen LogP contribution in [0.5, 0.6) is 0 Å². The van der Waals surface area contributed by atoms with E-state index in [1.807, 2.05) is 43.2 Å². The van der Waals surface area contributed by atoms with E-state index in [-0.39, 0.29) is 22.9 Å². The maximum absolute atomic E-state index is 13.0. The second kappa shape index (κ2) is 14.3. The lowest BCUT2D eigenvalue weighted by Gasteiger charge is -2.37. The average Bonchev–Trinajstić information content (AvgIpc) is 2.75. The Morgan fingerprint density at radius 2 is 1.61 bits per heavy atom. The van der Waals surface area contributed by atoms with Gasteiger partial charge in [-0.25, -0.2) is 0 Å². The van der Waals surface area contributed by atoms with Crippen molar-refractivity contribution in [2.24, 2.45) is 11.1 Å². The predicted molar refractivity (Wildman–Crippen MR) is 152 cm³/mol. The molecule has 1 aliphatic carbocycles. The molecule has 0 aliphatic heterocycles. The molecule has 4 unspecified atom stereocenters. The molecule has 0 bridgehead atoms. The van der Waals surface area contributed by atoms with Crippen molar-refractivity contribution in [3.63, 3.8) is 0 Å². The standard InChI is InChI=1S/C21H42B4N2O4S2/c1-6-9-21(4,5)31-12-20(2,3)19(30)27-14(18(29)25-23)11-33-16-8-7-15(16)32-10-13(26)17(28)24-22/h13-16,24-25H,6-12,22-23,26H2,1-5H3,(H,27,30). The zero-order chi connectivity index (χ0) is 25.2. The normalized spacial score (nSPS) is 20.3. The van der Waals surface area contributed by atoms with Crippen molar-refractivity contribution < 1.29 is 19.1 Å². The third-order valence-corrected chi connectivity index (χ3v) is 9.45. The van der Waals surface area contributed by atoms with Crippen molar-refractivity contribution >= 4 is 70.6 Å². The smallest absolute Gasteiger partial charge is 0.228 e. The minimum absolute atomic E-state index is 0.0537. The van der Waals surface area contributed by atoms with E-state index in [0.717, 1.165) is 25.7 Å². The number of nitrogens with two attached hydrogens (primary N) is 1. The molecule has 1 saturated carbocycles. The van der Waals surface area contributed by atoms with E-state index in [9.17, 15) is 14.4 Å². The second-order valence-electron chi connectivity index (χ2n) is 10.3. The highest BCUT2D eigenvalue weighted by Crippen LogP contribution is 2.40. The molecule has 0 aromatic heterocycles. The molecule has 1 aliphatic rings. The first kappa shape index (κ1) is 30.7. The largest absolute Gasteiger partial charge is 0.374 e. The topological polar surface area (TPSA) is 98.5 Å². The predicted octanol–water partition coefficient (Wildman–Crippen LogP) is -0.560. The van der Waals surface area contributed by atoms with E-state index in [1.165, 1.54) is 0 Å². The van der Waals surface area contributed by atoms with Gasteiger partial charge in [-0.05, 0) is 47.0 Å². The molecule has 12 heteroatoms. The van der Waals surface area contributed by atoms with Crippen LogP contribution in [0.1, 0.15) is 60.3 Å². The van der Waals surface area contributed by atoms with Crippen LogP contribution in [0.4, 0.5) is 0 Å². The highest BCUT2D eigenvalue weighted by molar-refractivity contribution is 8.04. The molecule has 1 rings (SSSR count). The van der Waals surface area contributed by atoms with Gasteiger partial charge in [-0.15, -0.1) is 0 Å². The number of amides is 1. The fourth-order valence-corrected chi connectivity index (χ4v) is 6.68. The Bertz CT molecular complexity index is 670. The van der Waals surface area contributed by atoms with Crippen LogP contribution < -0.4 is 11.1 Å². The molecule has 0 spiro atoms. The summed E-state index contributed by atoms with van der Waals surface area (Å²) in [6.45, 7) is 10.2. The third kappa shape index (κ3) is 10.5. The summed E-state index contributed by atoms with van der Waals surface area (Å²) in [7, 11) is 4.54. The number of rotatable bonds is 17. The molecular formula is C21H42B4N2O4S2. The molecule has 0 aromatic carbocycles. The molecule has 1 fully saturated rings. The van der Waals surface area contributed by atoms with E-state index >= 15 is 0 Å². The van der Waals surface area contributed by atoms with Crippen LogP contribution in [0.3, 0.4) is 0 Å². The monoisotopic (exact) mass is 494 g/mol. The summed E-state index contributed by atoms with van der Waals surface area (Å²) >= 11 is 3.52. The summed E-state index contributed by atoms with van der Waals surface area (Å²) < 4.78 is 6.05. The molecule has 0 heterocycles. The third-order valence-electron chi connectivity index (χ3n) is 6.21. The van der Waals surface area contributed by atoms with Gasteiger partial charge in [0.1, 0.15) is 5.68 Å². The van der Waals surface area contributed by atoms with Gasteiger partial charge < -0.3 is 25.4 Å². The van der Waals surface area contributed by atoms with Crippen LogP contribution >= 0.6 is 23.5 Å². The Morgan fingerprint density at radius 1 is 1.06 bits per heavy atom. The molecular weight excluding hydrogens is 452 g/mol. The molecule has 0 radical (unpaired) electrons. The Kier molecular flexibility index (Phi) is 13.3.